The molecule has 144 valence electrons. The highest BCUT2D eigenvalue weighted by atomic mass is 32.1. The first-order valence-corrected chi connectivity index (χ1v) is 10.6. The van der Waals surface area contributed by atoms with E-state index in [0.29, 0.717) is 15.8 Å². The normalized spacial score (nSPS) is 17.0. The Labute approximate surface area is 165 Å². The van der Waals surface area contributed by atoms with Crippen LogP contribution in [0.4, 0.5) is 5.00 Å². The van der Waals surface area contributed by atoms with Crippen molar-refractivity contribution in [1.29, 1.82) is 0 Å². The highest BCUT2D eigenvalue weighted by molar-refractivity contribution is 7.15. The van der Waals surface area contributed by atoms with Gasteiger partial charge in [-0.25, -0.2) is 4.79 Å². The third-order valence-corrected chi connectivity index (χ3v) is 6.83. The molecular weight excluding hydrogens is 384 g/mol. The lowest BCUT2D eigenvalue weighted by Crippen LogP contribution is -2.30. The van der Waals surface area contributed by atoms with E-state index in [1.54, 1.807) is 11.4 Å². The third-order valence-electron chi connectivity index (χ3n) is 4.78. The third kappa shape index (κ3) is 4.39. The van der Waals surface area contributed by atoms with E-state index in [-0.39, 0.29) is 5.56 Å². The van der Waals surface area contributed by atoms with E-state index in [9.17, 15) is 14.4 Å². The topological polar surface area (TPSA) is 98.5 Å². The molecule has 1 aliphatic rings. The average molecular weight is 407 g/mol. The number of esters is 1. The van der Waals surface area contributed by atoms with Gasteiger partial charge < -0.3 is 15.8 Å². The number of ether oxygens (including phenoxy) is 1. The quantitative estimate of drug-likeness (QED) is 0.716. The Morgan fingerprint density at radius 2 is 2.19 bits per heavy atom. The van der Waals surface area contributed by atoms with Crippen molar-refractivity contribution in [3.8, 4) is 0 Å². The minimum absolute atomic E-state index is 0.239. The monoisotopic (exact) mass is 406 g/mol. The van der Waals surface area contributed by atoms with Crippen LogP contribution in [0.3, 0.4) is 0 Å². The first kappa shape index (κ1) is 19.6. The minimum atomic E-state index is -0.983. The fourth-order valence-corrected chi connectivity index (χ4v) is 5.02. The molecule has 3 rings (SSSR count). The van der Waals surface area contributed by atoms with E-state index in [2.05, 4.69) is 12.2 Å². The summed E-state index contributed by atoms with van der Waals surface area (Å²) in [6.45, 7) is 3.69. The highest BCUT2D eigenvalue weighted by Gasteiger charge is 2.25. The summed E-state index contributed by atoms with van der Waals surface area (Å²) in [5.74, 6) is -0.941. The number of carbonyl (C=O) groups is 3. The number of fused-ring (bicyclic) bond motifs is 1. The number of anilines is 1. The lowest BCUT2D eigenvalue weighted by molar-refractivity contribution is -0.123. The first-order chi connectivity index (χ1) is 12.9. The molecule has 2 aromatic heterocycles. The van der Waals surface area contributed by atoms with Crippen molar-refractivity contribution in [2.75, 3.05) is 5.32 Å². The second-order valence-corrected chi connectivity index (χ2v) is 8.69. The molecule has 1 aliphatic carbocycles. The number of primary amides is 1. The van der Waals surface area contributed by atoms with E-state index < -0.39 is 23.9 Å². The predicted octanol–water partition coefficient (Wildman–Crippen LogP) is 3.61. The van der Waals surface area contributed by atoms with Crippen LogP contribution >= 0.6 is 22.7 Å². The molecule has 0 spiro atoms. The summed E-state index contributed by atoms with van der Waals surface area (Å²) in [5.41, 5.74) is 6.74. The van der Waals surface area contributed by atoms with Gasteiger partial charge >= 0.3 is 5.97 Å². The van der Waals surface area contributed by atoms with E-state index >= 15 is 0 Å². The van der Waals surface area contributed by atoms with E-state index in [1.165, 1.54) is 40.0 Å². The first-order valence-electron chi connectivity index (χ1n) is 8.89. The second kappa shape index (κ2) is 8.22. The number of rotatable bonds is 6. The standard InChI is InChI=1S/C19H22N2O4S2/c1-3-11-4-5-14-12(8-11)9-15(27-14)19(24)25-10(2)17(23)21-18-13(16(20)22)6-7-26-18/h6-7,9-11H,3-5,8H2,1-2H3,(H2,20,22)(H,21,23)/t10-,11-/m0/s1. The number of nitrogens with two attached hydrogens (primary N) is 1. The van der Waals surface area contributed by atoms with E-state index in [0.717, 1.165) is 25.7 Å². The number of hydrogen-bond donors (Lipinski definition) is 2. The lowest BCUT2D eigenvalue weighted by atomic mass is 9.87. The fraction of sp³-hybridized carbons (Fsp3) is 0.421. The summed E-state index contributed by atoms with van der Waals surface area (Å²) in [6, 6.07) is 3.44. The van der Waals surface area contributed by atoms with Crippen LogP contribution in [0.1, 0.15) is 57.2 Å². The van der Waals surface area contributed by atoms with Crippen LogP contribution in [0, 0.1) is 5.92 Å². The van der Waals surface area contributed by atoms with Crippen LogP contribution in [-0.4, -0.2) is 23.9 Å². The zero-order valence-corrected chi connectivity index (χ0v) is 16.9. The molecule has 0 aliphatic heterocycles. The van der Waals surface area contributed by atoms with Gasteiger partial charge in [0.1, 0.15) is 9.88 Å². The molecule has 8 heteroatoms. The molecule has 2 heterocycles. The van der Waals surface area contributed by atoms with Gasteiger partial charge in [-0.2, -0.15) is 0 Å². The Morgan fingerprint density at radius 1 is 1.41 bits per heavy atom. The predicted molar refractivity (Wildman–Crippen MR) is 106 cm³/mol. The lowest BCUT2D eigenvalue weighted by Gasteiger charge is -2.19. The van der Waals surface area contributed by atoms with Crippen LogP contribution in [-0.2, 0) is 22.4 Å². The van der Waals surface area contributed by atoms with Crippen LogP contribution in [0.25, 0.3) is 0 Å². The number of amides is 2. The Bertz CT molecular complexity index is 871. The molecule has 0 fully saturated rings. The van der Waals surface area contributed by atoms with Crippen molar-refractivity contribution >= 4 is 45.5 Å². The minimum Gasteiger partial charge on any atom is -0.448 e. The second-order valence-electron chi connectivity index (χ2n) is 6.64. The summed E-state index contributed by atoms with van der Waals surface area (Å²) in [7, 11) is 0. The SMILES string of the molecule is CC[C@H]1CCc2sc(C(=O)O[C@@H](C)C(=O)Nc3sccc3C(N)=O)cc2C1. The van der Waals surface area contributed by atoms with Gasteiger partial charge in [0.15, 0.2) is 6.10 Å². The number of carbonyl (C=O) groups excluding carboxylic acids is 3. The zero-order valence-electron chi connectivity index (χ0n) is 15.2. The molecule has 0 saturated carbocycles. The molecule has 2 atom stereocenters. The molecule has 3 N–H and O–H groups in total. The molecule has 6 nitrogen and oxygen atoms in total. The number of aryl methyl sites for hydroxylation is 1. The molecule has 2 amide bonds. The largest absolute Gasteiger partial charge is 0.448 e. The van der Waals surface area contributed by atoms with Gasteiger partial charge in [-0.15, -0.1) is 22.7 Å². The van der Waals surface area contributed by atoms with Crippen LogP contribution in [0.5, 0.6) is 0 Å². The Kier molecular flexibility index (Phi) is 5.96. The summed E-state index contributed by atoms with van der Waals surface area (Å²) in [4.78, 5) is 37.8. The van der Waals surface area contributed by atoms with Crippen LogP contribution in [0.15, 0.2) is 17.5 Å². The van der Waals surface area contributed by atoms with Crippen molar-refractivity contribution in [2.24, 2.45) is 11.7 Å². The number of hydrogen-bond acceptors (Lipinski definition) is 6. The molecule has 0 saturated heterocycles. The summed E-state index contributed by atoms with van der Waals surface area (Å²) < 4.78 is 5.33. The van der Waals surface area contributed by atoms with Gasteiger partial charge in [0.2, 0.25) is 0 Å². The summed E-state index contributed by atoms with van der Waals surface area (Å²) in [6.07, 6.45) is 3.31. The maximum absolute atomic E-state index is 12.4. The van der Waals surface area contributed by atoms with Gasteiger partial charge in [0, 0.05) is 4.88 Å². The van der Waals surface area contributed by atoms with Crippen molar-refractivity contribution in [2.45, 2.75) is 45.6 Å². The van der Waals surface area contributed by atoms with Crippen LogP contribution in [0.2, 0.25) is 0 Å². The summed E-state index contributed by atoms with van der Waals surface area (Å²) >= 11 is 2.64. The van der Waals surface area contributed by atoms with Crippen molar-refractivity contribution < 1.29 is 19.1 Å². The molecule has 0 aromatic carbocycles. The fourth-order valence-electron chi connectivity index (χ4n) is 3.13. The van der Waals surface area contributed by atoms with Crippen molar-refractivity contribution in [3.63, 3.8) is 0 Å². The Balaban J connectivity index is 1.62. The Hall–Kier alpha value is -2.19. The van der Waals surface area contributed by atoms with Gasteiger partial charge in [-0.3, -0.25) is 9.59 Å². The molecular formula is C19H22N2O4S2. The summed E-state index contributed by atoms with van der Waals surface area (Å²) in [5, 5.41) is 4.61. The zero-order chi connectivity index (χ0) is 19.6. The van der Waals surface area contributed by atoms with E-state index in [4.69, 9.17) is 10.5 Å². The molecule has 27 heavy (non-hydrogen) atoms. The smallest absolute Gasteiger partial charge is 0.349 e. The molecule has 0 radical (unpaired) electrons. The maximum Gasteiger partial charge on any atom is 0.349 e. The van der Waals surface area contributed by atoms with Gasteiger partial charge in [-0.1, -0.05) is 13.3 Å². The van der Waals surface area contributed by atoms with Gasteiger partial charge in [0.05, 0.1) is 5.56 Å². The van der Waals surface area contributed by atoms with Gasteiger partial charge in [0.25, 0.3) is 11.8 Å². The van der Waals surface area contributed by atoms with Crippen molar-refractivity contribution in [3.05, 3.63) is 38.4 Å². The Morgan fingerprint density at radius 3 is 2.89 bits per heavy atom. The molecule has 2 aromatic rings. The van der Waals surface area contributed by atoms with Gasteiger partial charge in [-0.05, 0) is 55.2 Å². The van der Waals surface area contributed by atoms with Crippen LogP contribution < -0.4 is 11.1 Å². The number of nitrogens with one attached hydrogen (secondary N) is 1. The highest BCUT2D eigenvalue weighted by Crippen LogP contribution is 2.34. The van der Waals surface area contributed by atoms with Crippen molar-refractivity contribution in [1.82, 2.24) is 0 Å². The molecule has 0 bridgehead atoms. The average Bonchev–Trinajstić information content (AvgIpc) is 3.27. The van der Waals surface area contributed by atoms with E-state index in [1.807, 2.05) is 6.07 Å². The number of thiophene rings is 2. The molecule has 0 unspecified atom stereocenters. The maximum atomic E-state index is 12.4.